The van der Waals surface area contributed by atoms with Gasteiger partial charge >= 0.3 is 18.4 Å². The second-order valence-corrected chi connectivity index (χ2v) is 26.5. The number of halogens is 7. The third-order valence-electron chi connectivity index (χ3n) is 20.1. The van der Waals surface area contributed by atoms with Gasteiger partial charge in [-0.2, -0.15) is 26.3 Å². The van der Waals surface area contributed by atoms with E-state index in [0.29, 0.717) is 108 Å². The third-order valence-corrected chi connectivity index (χ3v) is 20.1. The van der Waals surface area contributed by atoms with E-state index in [4.69, 9.17) is 9.47 Å². The van der Waals surface area contributed by atoms with E-state index in [1.807, 2.05) is 98.0 Å². The molecule has 2 atom stereocenters. The van der Waals surface area contributed by atoms with Crippen molar-refractivity contribution in [2.45, 2.75) is 113 Å². The minimum absolute atomic E-state index is 0.0285. The van der Waals surface area contributed by atoms with Gasteiger partial charge in [0.15, 0.2) is 0 Å². The molecule has 6 aromatic rings. The van der Waals surface area contributed by atoms with Crippen LogP contribution in [0.2, 0.25) is 0 Å². The fraction of sp³-hybridized carbons (Fsp3) is 0.453. The molecular formula is C75H87F7N8O8. The number of ether oxygens (including phenoxy) is 2. The maximum absolute atomic E-state index is 14.2. The van der Waals surface area contributed by atoms with Crippen molar-refractivity contribution in [3.05, 3.63) is 190 Å². The van der Waals surface area contributed by atoms with Crippen LogP contribution in [0, 0.1) is 5.82 Å². The SMILES string of the molecule is CN(CCN1CCC(N(C(=O)O)c2ccccc2-c2ccccc2)CC1)C(=O)CCCCCNc1ccc(CC(=O)N(C)CCCN(C)C(=O)CO[C@H]2Cc3ccccc3C23CCN(CC[C@]2(c4ccc(F)cc4)CN(C(=O)c4cc(C(F)(F)F)cc(C(F)(F)F)c4)CO2)CC3)cc1. The molecule has 0 saturated carbocycles. The first-order chi connectivity index (χ1) is 46.9. The zero-order valence-electron chi connectivity index (χ0n) is 55.8. The predicted molar refractivity (Wildman–Crippen MR) is 360 cm³/mol. The monoisotopic (exact) mass is 1360 g/mol. The van der Waals surface area contributed by atoms with Gasteiger partial charge < -0.3 is 49.3 Å². The number of piperidine rings is 2. The summed E-state index contributed by atoms with van der Waals surface area (Å²) in [5, 5.41) is 13.8. The van der Waals surface area contributed by atoms with Crippen LogP contribution in [-0.4, -0.2) is 183 Å². The van der Waals surface area contributed by atoms with Gasteiger partial charge in [0.25, 0.3) is 5.91 Å². The van der Waals surface area contributed by atoms with Crippen LogP contribution in [0.5, 0.6) is 0 Å². The maximum atomic E-state index is 14.2. The number of unbranched alkanes of at least 4 members (excludes halogenated alkanes) is 2. The first-order valence-corrected chi connectivity index (χ1v) is 33.7. The molecule has 98 heavy (non-hydrogen) atoms. The Hall–Kier alpha value is -8.38. The van der Waals surface area contributed by atoms with Gasteiger partial charge in [-0.15, -0.1) is 0 Å². The molecule has 5 amide bonds. The Labute approximate surface area is 568 Å². The van der Waals surface area contributed by atoms with E-state index in [1.54, 1.807) is 28.8 Å². The number of likely N-dealkylation sites (N-methyl/N-ethyl adjacent to an activating group) is 3. The van der Waals surface area contributed by atoms with Crippen LogP contribution in [-0.2, 0) is 60.1 Å². The fourth-order valence-electron chi connectivity index (χ4n) is 14.2. The summed E-state index contributed by atoms with van der Waals surface area (Å²) in [5.74, 6) is -1.73. The third kappa shape index (κ3) is 17.9. The summed E-state index contributed by atoms with van der Waals surface area (Å²) in [5.41, 5.74) is 1.50. The highest BCUT2D eigenvalue weighted by Crippen LogP contribution is 2.49. The number of nitrogens with one attached hydrogen (secondary N) is 1. The zero-order chi connectivity index (χ0) is 69.8. The molecule has 23 heteroatoms. The van der Waals surface area contributed by atoms with Gasteiger partial charge in [-0.25, -0.2) is 9.18 Å². The van der Waals surface area contributed by atoms with Crippen LogP contribution < -0.4 is 10.2 Å². The molecule has 0 unspecified atom stereocenters. The topological polar surface area (TPSA) is 159 Å². The van der Waals surface area contributed by atoms with Gasteiger partial charge in [-0.1, -0.05) is 103 Å². The number of carbonyl (C=O) groups excluding carboxylic acids is 4. The van der Waals surface area contributed by atoms with Gasteiger partial charge in [0, 0.05) is 108 Å². The number of nitrogens with zero attached hydrogens (tertiary/aromatic N) is 7. The molecular weight excluding hydrogens is 1270 g/mol. The van der Waals surface area contributed by atoms with Crippen molar-refractivity contribution in [3.8, 4) is 11.1 Å². The van der Waals surface area contributed by atoms with Crippen LogP contribution >= 0.6 is 0 Å². The highest BCUT2D eigenvalue weighted by molar-refractivity contribution is 5.95. The second-order valence-electron chi connectivity index (χ2n) is 26.5. The van der Waals surface area contributed by atoms with Gasteiger partial charge in [0.2, 0.25) is 17.7 Å². The standard InChI is InChI=1S/C75H87F7N8O8/c1-84(68(92)45-53-22-28-61(29-23-53)83-35-13-5-8-21-67(91)86(3)43-44-87-38-30-62(31-39-87)90(71(95)96)65-20-12-10-18-63(65)54-15-6-4-7-16-54)36-14-37-85(2)69(93)50-97-66-48-55-17-9-11-19-64(55)72(66)32-40-88(41-33-72)42-34-73(57-24-26-60(76)27-25-57)51-89(52-98-73)70(94)56-46-58(74(77,78)79)49-59(47-56)75(80,81)82/h4,6-7,9-12,15-20,22-29,46-47,49,62,66,83H,5,8,13-14,21,30-45,48,50-52H2,1-3H3,(H,95,96)/t66-,73+/m0/s1. The van der Waals surface area contributed by atoms with E-state index in [-0.39, 0.29) is 61.9 Å². The molecule has 3 fully saturated rings. The number of amides is 5. The molecule has 1 aliphatic carbocycles. The molecule has 6 aromatic carbocycles. The number of fused-ring (bicyclic) bond motifs is 2. The molecule has 3 saturated heterocycles. The number of hydrogen-bond donors (Lipinski definition) is 2. The predicted octanol–water partition coefficient (Wildman–Crippen LogP) is 12.9. The summed E-state index contributed by atoms with van der Waals surface area (Å²) in [6.07, 6.45) is -4.12. The average molecular weight is 1360 g/mol. The lowest BCUT2D eigenvalue weighted by molar-refractivity contribution is -0.143. The van der Waals surface area contributed by atoms with Crippen LogP contribution in [0.3, 0.4) is 0 Å². The van der Waals surface area contributed by atoms with Crippen molar-refractivity contribution in [1.29, 1.82) is 0 Å². The highest BCUT2D eigenvalue weighted by atomic mass is 19.4. The number of alkyl halides is 6. The number of carboxylic acid groups (broad SMARTS) is 1. The zero-order valence-corrected chi connectivity index (χ0v) is 55.8. The second kappa shape index (κ2) is 32.1. The van der Waals surface area contributed by atoms with Crippen LogP contribution in [0.4, 0.5) is 46.9 Å². The normalized spacial score (nSPS) is 18.1. The smallest absolute Gasteiger partial charge is 0.416 e. The Morgan fingerprint density at radius 3 is 1.96 bits per heavy atom. The number of likely N-dealkylation sites (tertiary alicyclic amines) is 2. The Bertz CT molecular complexity index is 3660. The lowest BCUT2D eigenvalue weighted by Crippen LogP contribution is -2.50. The summed E-state index contributed by atoms with van der Waals surface area (Å²) < 4.78 is 110. The van der Waals surface area contributed by atoms with E-state index in [2.05, 4.69) is 27.2 Å². The maximum Gasteiger partial charge on any atom is 0.416 e. The van der Waals surface area contributed by atoms with E-state index in [0.717, 1.165) is 83.8 Å². The van der Waals surface area contributed by atoms with E-state index < -0.39 is 64.6 Å². The molecule has 0 aromatic heterocycles. The van der Waals surface area contributed by atoms with E-state index in [9.17, 15) is 59.8 Å². The largest absolute Gasteiger partial charge is 0.465 e. The first kappa shape index (κ1) is 72.4. The number of rotatable bonds is 27. The molecule has 10 rings (SSSR count). The minimum atomic E-state index is -5.15. The summed E-state index contributed by atoms with van der Waals surface area (Å²) in [6.45, 7) is 5.28. The Morgan fingerprint density at radius 1 is 0.663 bits per heavy atom. The molecule has 0 radical (unpaired) electrons. The number of para-hydroxylation sites is 1. The lowest BCUT2D eigenvalue weighted by Gasteiger charge is -2.44. The van der Waals surface area contributed by atoms with Crippen molar-refractivity contribution in [3.63, 3.8) is 0 Å². The molecule has 1 spiro atoms. The average Bonchev–Trinajstić information content (AvgIpc) is 1.58. The van der Waals surface area contributed by atoms with Gasteiger partial charge in [-0.3, -0.25) is 24.1 Å². The molecule has 0 bridgehead atoms. The quantitative estimate of drug-likeness (QED) is 0.0373. The molecule has 2 N–H and O–H groups in total. The minimum Gasteiger partial charge on any atom is -0.465 e. The van der Waals surface area contributed by atoms with Gasteiger partial charge in [0.05, 0.1) is 35.9 Å². The summed E-state index contributed by atoms with van der Waals surface area (Å²) in [7, 11) is 5.33. The molecule has 4 aliphatic rings. The summed E-state index contributed by atoms with van der Waals surface area (Å²) >= 11 is 0. The van der Waals surface area contributed by atoms with Crippen LogP contribution in [0.1, 0.15) is 108 Å². The van der Waals surface area contributed by atoms with Crippen LogP contribution in [0.15, 0.2) is 146 Å². The number of benzene rings is 6. The Balaban J connectivity index is 0.607. The highest BCUT2D eigenvalue weighted by Gasteiger charge is 2.50. The number of hydrogen-bond acceptors (Lipinski definition) is 10. The Kier molecular flexibility index (Phi) is 23.7. The van der Waals surface area contributed by atoms with Crippen LogP contribution in [0.25, 0.3) is 11.1 Å². The number of carbonyl (C=O) groups is 5. The molecule has 3 heterocycles. The van der Waals surface area contributed by atoms with Crippen molar-refractivity contribution in [2.75, 3.05) is 117 Å². The fourth-order valence-corrected chi connectivity index (χ4v) is 14.2. The van der Waals surface area contributed by atoms with Crippen molar-refractivity contribution < 1.29 is 69.3 Å². The van der Waals surface area contributed by atoms with Gasteiger partial charge in [-0.05, 0) is 147 Å². The van der Waals surface area contributed by atoms with Crippen molar-refractivity contribution in [2.24, 2.45) is 0 Å². The van der Waals surface area contributed by atoms with E-state index >= 15 is 0 Å². The summed E-state index contributed by atoms with van der Waals surface area (Å²) in [6, 6.07) is 39.5. The summed E-state index contributed by atoms with van der Waals surface area (Å²) in [4.78, 5) is 78.6. The van der Waals surface area contributed by atoms with Crippen molar-refractivity contribution in [1.82, 2.24) is 29.4 Å². The van der Waals surface area contributed by atoms with Gasteiger partial charge in [0.1, 0.15) is 24.8 Å². The number of anilines is 2. The molecule has 524 valence electrons. The van der Waals surface area contributed by atoms with E-state index in [1.165, 1.54) is 29.2 Å². The molecule has 16 nitrogen and oxygen atoms in total. The van der Waals surface area contributed by atoms with Crippen molar-refractivity contribution >= 4 is 41.1 Å². The lowest BCUT2D eigenvalue weighted by atomic mass is 9.72. The Morgan fingerprint density at radius 2 is 1.29 bits per heavy atom. The first-order valence-electron chi connectivity index (χ1n) is 33.7. The molecule has 3 aliphatic heterocycles.